The molecule has 3 rings (SSSR count). The van der Waals surface area contributed by atoms with Crippen LogP contribution in [0.25, 0.3) is 11.2 Å². The Hall–Kier alpha value is -2.08. The number of nitrogens with zero attached hydrogens (tertiary/aromatic N) is 2. The molecule has 0 saturated heterocycles. The van der Waals surface area contributed by atoms with Crippen molar-refractivity contribution >= 4 is 23.4 Å². The van der Waals surface area contributed by atoms with Crippen molar-refractivity contribution in [1.29, 1.82) is 0 Å². The highest BCUT2D eigenvalue weighted by atomic mass is 32.1. The molecule has 2 aromatic heterocycles. The standard InChI is InChI=1S/C15H13F2N3S/c1-9-2-4-18-14-13(9)19-15(21)20(14)5-3-10-6-11(16)8-12(17)7-10/h2,4,6-8H,3,5H2,1H3,(H,19,21). The molecule has 3 aromatic rings. The molecule has 0 fully saturated rings. The summed E-state index contributed by atoms with van der Waals surface area (Å²) in [4.78, 5) is 7.45. The Morgan fingerprint density at radius 3 is 2.67 bits per heavy atom. The van der Waals surface area contributed by atoms with Crippen LogP contribution >= 0.6 is 12.2 Å². The van der Waals surface area contributed by atoms with Gasteiger partial charge < -0.3 is 9.55 Å². The topological polar surface area (TPSA) is 33.6 Å². The van der Waals surface area contributed by atoms with Crippen LogP contribution in [-0.2, 0) is 13.0 Å². The maximum Gasteiger partial charge on any atom is 0.179 e. The van der Waals surface area contributed by atoms with Crippen molar-refractivity contribution in [3.63, 3.8) is 0 Å². The van der Waals surface area contributed by atoms with Gasteiger partial charge in [0.25, 0.3) is 0 Å². The summed E-state index contributed by atoms with van der Waals surface area (Å²) in [6.07, 6.45) is 2.20. The molecule has 0 bridgehead atoms. The number of fused-ring (bicyclic) bond motifs is 1. The average molecular weight is 305 g/mol. The van der Waals surface area contributed by atoms with E-state index in [1.54, 1.807) is 6.20 Å². The van der Waals surface area contributed by atoms with Crippen LogP contribution in [0, 0.1) is 23.3 Å². The van der Waals surface area contributed by atoms with Crippen LogP contribution < -0.4 is 0 Å². The van der Waals surface area contributed by atoms with Crippen LogP contribution in [0.15, 0.2) is 30.5 Å². The number of aryl methyl sites for hydroxylation is 3. The first kappa shape index (κ1) is 13.9. The van der Waals surface area contributed by atoms with Gasteiger partial charge in [0.05, 0.1) is 5.52 Å². The number of benzene rings is 1. The van der Waals surface area contributed by atoms with Crippen LogP contribution in [0.1, 0.15) is 11.1 Å². The molecule has 1 aromatic carbocycles. The molecular weight excluding hydrogens is 292 g/mol. The minimum atomic E-state index is -0.568. The zero-order valence-corrected chi connectivity index (χ0v) is 12.2. The Morgan fingerprint density at radius 2 is 1.95 bits per heavy atom. The SMILES string of the molecule is Cc1ccnc2c1[nH]c(=S)n2CCc1cc(F)cc(F)c1. The zero-order chi connectivity index (χ0) is 15.0. The van der Waals surface area contributed by atoms with Gasteiger partial charge in [0.1, 0.15) is 11.6 Å². The summed E-state index contributed by atoms with van der Waals surface area (Å²) in [6, 6.07) is 5.44. The van der Waals surface area contributed by atoms with E-state index in [-0.39, 0.29) is 0 Å². The van der Waals surface area contributed by atoms with Crippen LogP contribution in [0.5, 0.6) is 0 Å². The van der Waals surface area contributed by atoms with Gasteiger partial charge >= 0.3 is 0 Å². The third-order valence-electron chi connectivity index (χ3n) is 3.42. The number of hydrogen-bond donors (Lipinski definition) is 1. The largest absolute Gasteiger partial charge is 0.329 e. The first-order valence-electron chi connectivity index (χ1n) is 6.53. The number of imidazole rings is 1. The van der Waals surface area contributed by atoms with Gasteiger partial charge in [-0.2, -0.15) is 0 Å². The van der Waals surface area contributed by atoms with E-state index in [2.05, 4.69) is 9.97 Å². The monoisotopic (exact) mass is 305 g/mol. The Kier molecular flexibility index (Phi) is 3.55. The van der Waals surface area contributed by atoms with Gasteiger partial charge in [-0.25, -0.2) is 13.8 Å². The molecule has 0 aliphatic rings. The van der Waals surface area contributed by atoms with Gasteiger partial charge in [-0.1, -0.05) is 0 Å². The second-order valence-electron chi connectivity index (χ2n) is 4.94. The Balaban J connectivity index is 1.93. The van der Waals surface area contributed by atoms with Gasteiger partial charge in [-0.15, -0.1) is 0 Å². The summed E-state index contributed by atoms with van der Waals surface area (Å²) < 4.78 is 28.8. The van der Waals surface area contributed by atoms with Crippen molar-refractivity contribution in [3.8, 4) is 0 Å². The molecule has 2 heterocycles. The average Bonchev–Trinajstić information content (AvgIpc) is 2.73. The molecule has 108 valence electrons. The van der Waals surface area contributed by atoms with E-state index in [0.29, 0.717) is 23.3 Å². The molecule has 0 radical (unpaired) electrons. The summed E-state index contributed by atoms with van der Waals surface area (Å²) in [5.74, 6) is -1.14. The number of hydrogen-bond acceptors (Lipinski definition) is 2. The number of aromatic amines is 1. The van der Waals surface area contributed by atoms with E-state index in [1.807, 2.05) is 17.6 Å². The molecule has 1 N–H and O–H groups in total. The molecular formula is C15H13F2N3S. The first-order valence-corrected chi connectivity index (χ1v) is 6.94. The van der Waals surface area contributed by atoms with Gasteiger partial charge in [-0.3, -0.25) is 0 Å². The van der Waals surface area contributed by atoms with E-state index in [4.69, 9.17) is 12.2 Å². The third-order valence-corrected chi connectivity index (χ3v) is 3.74. The highest BCUT2D eigenvalue weighted by Crippen LogP contribution is 2.16. The lowest BCUT2D eigenvalue weighted by molar-refractivity contribution is 0.576. The lowest BCUT2D eigenvalue weighted by Crippen LogP contribution is -2.03. The normalized spacial score (nSPS) is 11.2. The highest BCUT2D eigenvalue weighted by Gasteiger charge is 2.08. The fourth-order valence-corrected chi connectivity index (χ4v) is 2.66. The smallest absolute Gasteiger partial charge is 0.179 e. The lowest BCUT2D eigenvalue weighted by Gasteiger charge is -2.05. The number of halogens is 2. The van der Waals surface area contributed by atoms with Gasteiger partial charge in [0, 0.05) is 18.8 Å². The summed E-state index contributed by atoms with van der Waals surface area (Å²) in [7, 11) is 0. The molecule has 0 atom stereocenters. The number of pyridine rings is 1. The molecule has 21 heavy (non-hydrogen) atoms. The molecule has 0 amide bonds. The number of aromatic nitrogens is 3. The molecule has 0 unspecified atom stereocenters. The second-order valence-corrected chi connectivity index (χ2v) is 5.32. The number of nitrogens with one attached hydrogen (secondary N) is 1. The van der Waals surface area contributed by atoms with Crippen molar-refractivity contribution in [2.24, 2.45) is 0 Å². The van der Waals surface area contributed by atoms with Crippen molar-refractivity contribution in [1.82, 2.24) is 14.5 Å². The molecule has 0 aliphatic heterocycles. The fourth-order valence-electron chi connectivity index (χ4n) is 2.38. The summed E-state index contributed by atoms with van der Waals surface area (Å²) in [6.45, 7) is 2.49. The Morgan fingerprint density at radius 1 is 1.24 bits per heavy atom. The highest BCUT2D eigenvalue weighted by molar-refractivity contribution is 7.71. The summed E-state index contributed by atoms with van der Waals surface area (Å²) >= 11 is 5.30. The van der Waals surface area contributed by atoms with E-state index < -0.39 is 11.6 Å². The predicted octanol–water partition coefficient (Wildman–Crippen LogP) is 3.92. The zero-order valence-electron chi connectivity index (χ0n) is 11.4. The van der Waals surface area contributed by atoms with Gasteiger partial charge in [-0.05, 0) is 54.9 Å². The maximum absolute atomic E-state index is 13.2. The molecule has 0 spiro atoms. The van der Waals surface area contributed by atoms with Gasteiger partial charge in [0.2, 0.25) is 0 Å². The van der Waals surface area contributed by atoms with E-state index >= 15 is 0 Å². The van der Waals surface area contributed by atoms with Crippen molar-refractivity contribution < 1.29 is 8.78 Å². The molecule has 0 aliphatic carbocycles. The van der Waals surface area contributed by atoms with Crippen LogP contribution in [0.2, 0.25) is 0 Å². The summed E-state index contributed by atoms with van der Waals surface area (Å²) in [5.41, 5.74) is 3.31. The van der Waals surface area contributed by atoms with E-state index in [0.717, 1.165) is 22.8 Å². The van der Waals surface area contributed by atoms with Crippen LogP contribution in [-0.4, -0.2) is 14.5 Å². The number of rotatable bonds is 3. The Bertz CT molecular complexity index is 847. The minimum absolute atomic E-state index is 0.478. The van der Waals surface area contributed by atoms with Crippen molar-refractivity contribution in [2.45, 2.75) is 19.9 Å². The summed E-state index contributed by atoms with van der Waals surface area (Å²) in [5, 5.41) is 0. The van der Waals surface area contributed by atoms with E-state index in [1.165, 1.54) is 12.1 Å². The second kappa shape index (κ2) is 5.37. The Labute approximate surface area is 125 Å². The number of H-pyrrole nitrogens is 1. The lowest BCUT2D eigenvalue weighted by atomic mass is 10.1. The molecule has 0 saturated carbocycles. The first-order chi connectivity index (χ1) is 10.0. The minimum Gasteiger partial charge on any atom is -0.329 e. The van der Waals surface area contributed by atoms with Crippen LogP contribution in [0.4, 0.5) is 8.78 Å². The molecule has 6 heteroatoms. The predicted molar refractivity (Wildman–Crippen MR) is 79.7 cm³/mol. The van der Waals surface area contributed by atoms with Crippen molar-refractivity contribution in [3.05, 3.63) is 58.0 Å². The molecule has 3 nitrogen and oxygen atoms in total. The fraction of sp³-hybridized carbons (Fsp3) is 0.200. The van der Waals surface area contributed by atoms with Gasteiger partial charge in [0.15, 0.2) is 10.4 Å². The van der Waals surface area contributed by atoms with Crippen molar-refractivity contribution in [2.75, 3.05) is 0 Å². The van der Waals surface area contributed by atoms with Crippen LogP contribution in [0.3, 0.4) is 0 Å². The maximum atomic E-state index is 13.2. The quantitative estimate of drug-likeness (QED) is 0.744. The van der Waals surface area contributed by atoms with E-state index in [9.17, 15) is 8.78 Å². The third kappa shape index (κ3) is 2.71.